The van der Waals surface area contributed by atoms with Crippen molar-refractivity contribution in [1.29, 1.82) is 0 Å². The van der Waals surface area contributed by atoms with Gasteiger partial charge in [0.2, 0.25) is 11.8 Å². The van der Waals surface area contributed by atoms with Crippen LogP contribution in [0.5, 0.6) is 0 Å². The highest BCUT2D eigenvalue weighted by molar-refractivity contribution is 7.91. The Kier molecular flexibility index (Phi) is 8.29. The van der Waals surface area contributed by atoms with Crippen molar-refractivity contribution >= 4 is 38.9 Å². The van der Waals surface area contributed by atoms with Crippen LogP contribution in [0.3, 0.4) is 0 Å². The molecular formula is C29H31F3N6O5S. The highest BCUT2D eigenvalue weighted by Gasteiger charge is 2.43. The van der Waals surface area contributed by atoms with Crippen LogP contribution in [-0.2, 0) is 27.2 Å². The highest BCUT2D eigenvalue weighted by atomic mass is 32.2. The lowest BCUT2D eigenvalue weighted by atomic mass is 10.0. The Labute approximate surface area is 251 Å². The molecule has 0 aliphatic carbocycles. The van der Waals surface area contributed by atoms with E-state index in [4.69, 9.17) is 5.73 Å². The largest absolute Gasteiger partial charge is 0.435 e. The van der Waals surface area contributed by atoms with Crippen LogP contribution in [0.25, 0.3) is 5.69 Å². The Morgan fingerprint density at radius 1 is 1.09 bits per heavy atom. The third kappa shape index (κ3) is 6.06. The first kappa shape index (κ1) is 31.2. The van der Waals surface area contributed by atoms with Crippen molar-refractivity contribution in [1.82, 2.24) is 14.7 Å². The number of nitrogens with zero attached hydrogens (tertiary/aromatic N) is 5. The van der Waals surface area contributed by atoms with E-state index in [1.807, 2.05) is 4.90 Å². The van der Waals surface area contributed by atoms with Gasteiger partial charge in [-0.05, 0) is 62.2 Å². The van der Waals surface area contributed by atoms with Crippen LogP contribution in [0.15, 0.2) is 48.5 Å². The fourth-order valence-corrected chi connectivity index (χ4v) is 6.71. The van der Waals surface area contributed by atoms with Crippen LogP contribution in [0.2, 0.25) is 0 Å². The van der Waals surface area contributed by atoms with Gasteiger partial charge in [0.25, 0.3) is 5.91 Å². The minimum absolute atomic E-state index is 0.0336. The van der Waals surface area contributed by atoms with E-state index in [2.05, 4.69) is 5.10 Å². The maximum Gasteiger partial charge on any atom is 0.435 e. The van der Waals surface area contributed by atoms with Crippen molar-refractivity contribution in [2.24, 2.45) is 5.73 Å². The molecule has 2 N–H and O–H groups in total. The number of alkyl halides is 3. The number of hydrogen-bond acceptors (Lipinski definition) is 7. The molecule has 11 nitrogen and oxygen atoms in total. The molecule has 5 rings (SSSR count). The molecular weight excluding hydrogens is 601 g/mol. The predicted molar refractivity (Wildman–Crippen MR) is 157 cm³/mol. The van der Waals surface area contributed by atoms with Crippen molar-refractivity contribution in [3.63, 3.8) is 0 Å². The molecule has 2 aliphatic heterocycles. The number of hydrogen-bond donors (Lipinski definition) is 1. The summed E-state index contributed by atoms with van der Waals surface area (Å²) in [5.41, 5.74) is 4.78. The van der Waals surface area contributed by atoms with E-state index in [0.29, 0.717) is 37.4 Å². The molecule has 1 aromatic heterocycles. The Morgan fingerprint density at radius 2 is 1.80 bits per heavy atom. The van der Waals surface area contributed by atoms with Gasteiger partial charge in [-0.2, -0.15) is 18.3 Å². The predicted octanol–water partition coefficient (Wildman–Crippen LogP) is 2.66. The van der Waals surface area contributed by atoms with Crippen LogP contribution >= 0.6 is 0 Å². The van der Waals surface area contributed by atoms with E-state index in [1.165, 1.54) is 35.4 Å². The molecule has 2 aliphatic rings. The summed E-state index contributed by atoms with van der Waals surface area (Å²) in [7, 11) is -3.20. The highest BCUT2D eigenvalue weighted by Crippen LogP contribution is 2.37. The molecule has 3 aromatic rings. The molecule has 0 saturated carbocycles. The number of halogens is 3. The Balaban J connectivity index is 1.39. The van der Waals surface area contributed by atoms with E-state index in [1.54, 1.807) is 36.1 Å². The van der Waals surface area contributed by atoms with Crippen molar-refractivity contribution in [2.75, 3.05) is 48.8 Å². The van der Waals surface area contributed by atoms with Crippen LogP contribution in [0.4, 0.5) is 24.5 Å². The third-order valence-corrected chi connectivity index (χ3v) is 9.54. The molecule has 2 aromatic carbocycles. The molecule has 3 amide bonds. The topological polar surface area (TPSA) is 139 Å². The first-order chi connectivity index (χ1) is 20.7. The molecule has 3 heterocycles. The fourth-order valence-electron chi connectivity index (χ4n) is 5.69. The van der Waals surface area contributed by atoms with Crippen LogP contribution in [-0.4, -0.2) is 85.0 Å². The number of anilines is 2. The lowest BCUT2D eigenvalue weighted by molar-refractivity contribution is -0.142. The quantitative estimate of drug-likeness (QED) is 0.403. The van der Waals surface area contributed by atoms with Crippen LogP contribution < -0.4 is 15.5 Å². The number of amides is 3. The van der Waals surface area contributed by atoms with Crippen LogP contribution in [0.1, 0.15) is 45.4 Å². The zero-order valence-corrected chi connectivity index (χ0v) is 24.9. The smallest absolute Gasteiger partial charge is 0.366 e. The molecule has 1 saturated heterocycles. The number of benzene rings is 2. The number of likely N-dealkylation sites (tertiary alicyclic amines) is 1. The lowest BCUT2D eigenvalue weighted by Crippen LogP contribution is -2.40. The van der Waals surface area contributed by atoms with Crippen molar-refractivity contribution in [2.45, 2.75) is 31.2 Å². The summed E-state index contributed by atoms with van der Waals surface area (Å²) < 4.78 is 66.5. The lowest BCUT2D eigenvalue weighted by Gasteiger charge is -2.29. The summed E-state index contributed by atoms with van der Waals surface area (Å²) in [6.45, 7) is 2.96. The van der Waals surface area contributed by atoms with Gasteiger partial charge < -0.3 is 15.5 Å². The van der Waals surface area contributed by atoms with Gasteiger partial charge in [-0.3, -0.25) is 19.3 Å². The van der Waals surface area contributed by atoms with Crippen molar-refractivity contribution in [3.05, 3.63) is 71.0 Å². The summed E-state index contributed by atoms with van der Waals surface area (Å²) in [6, 6.07) is 12.1. The van der Waals surface area contributed by atoms with E-state index in [0.717, 1.165) is 4.68 Å². The van der Waals surface area contributed by atoms with Gasteiger partial charge in [0.15, 0.2) is 15.5 Å². The number of nitrogens with two attached hydrogens (primary N) is 1. The number of aromatic nitrogens is 2. The van der Waals surface area contributed by atoms with Gasteiger partial charge in [0.1, 0.15) is 5.69 Å². The molecule has 0 radical (unpaired) electrons. The average molecular weight is 633 g/mol. The Morgan fingerprint density at radius 3 is 2.39 bits per heavy atom. The number of carbonyl (C=O) groups is 3. The SMILES string of the molecule is CCN(C(=O)CN1CCC(S(C)(=O)=O)C1)c1ccc(N2CCc3c(C(F)(F)F)nn(-c4cccc(C(N)=O)c4)c3C2=O)cc1. The van der Waals surface area contributed by atoms with Gasteiger partial charge in [0.05, 0.1) is 17.5 Å². The van der Waals surface area contributed by atoms with Crippen LogP contribution in [0, 0.1) is 0 Å². The summed E-state index contributed by atoms with van der Waals surface area (Å²) >= 11 is 0. The summed E-state index contributed by atoms with van der Waals surface area (Å²) in [5, 5.41) is 3.25. The van der Waals surface area contributed by atoms with Crippen molar-refractivity contribution < 1.29 is 36.0 Å². The molecule has 1 unspecified atom stereocenters. The van der Waals surface area contributed by atoms with Gasteiger partial charge in [-0.1, -0.05) is 6.07 Å². The first-order valence-corrected chi connectivity index (χ1v) is 15.9. The Hall–Kier alpha value is -4.24. The number of sulfone groups is 1. The summed E-state index contributed by atoms with van der Waals surface area (Å²) in [6.07, 6.45) is -3.26. The second-order valence-corrected chi connectivity index (χ2v) is 13.2. The maximum atomic E-state index is 13.9. The third-order valence-electron chi connectivity index (χ3n) is 7.94. The van der Waals surface area contributed by atoms with Gasteiger partial charge in [-0.15, -0.1) is 0 Å². The second-order valence-electron chi connectivity index (χ2n) is 10.8. The Bertz CT molecular complexity index is 1720. The van der Waals surface area contributed by atoms with Gasteiger partial charge >= 0.3 is 6.18 Å². The molecule has 44 heavy (non-hydrogen) atoms. The standard InChI is InChI=1S/C29H31F3N6O5S/c1-3-36(24(39)17-35-13-11-22(16-35)44(2,42)43)19-7-9-20(10-8-19)37-14-12-23-25(28(37)41)38(34-26(23)29(30,31)32)21-6-4-5-18(15-21)27(33)40/h4-10,15,22H,3,11-14,16-17H2,1-2H3,(H2,33,40). The average Bonchev–Trinajstić information content (AvgIpc) is 3.60. The fraction of sp³-hybridized carbons (Fsp3) is 0.379. The van der Waals surface area contributed by atoms with Crippen molar-refractivity contribution in [3.8, 4) is 5.69 Å². The van der Waals surface area contributed by atoms with E-state index >= 15 is 0 Å². The van der Waals surface area contributed by atoms with Gasteiger partial charge in [-0.25, -0.2) is 13.1 Å². The first-order valence-electron chi connectivity index (χ1n) is 13.9. The summed E-state index contributed by atoms with van der Waals surface area (Å²) in [5.74, 6) is -1.70. The van der Waals surface area contributed by atoms with E-state index in [-0.39, 0.29) is 47.9 Å². The monoisotopic (exact) mass is 632 g/mol. The molecule has 234 valence electrons. The normalized spacial score (nSPS) is 17.5. The second kappa shape index (κ2) is 11.7. The van der Waals surface area contributed by atoms with E-state index < -0.39 is 38.8 Å². The van der Waals surface area contributed by atoms with E-state index in [9.17, 15) is 36.0 Å². The minimum Gasteiger partial charge on any atom is -0.366 e. The number of primary amides is 1. The number of fused-ring (bicyclic) bond motifs is 1. The molecule has 0 bridgehead atoms. The summed E-state index contributed by atoms with van der Waals surface area (Å²) in [4.78, 5) is 43.3. The number of rotatable bonds is 8. The number of likely N-dealkylation sites (N-methyl/N-ethyl adjacent to an activating group) is 1. The maximum absolute atomic E-state index is 13.9. The zero-order valence-electron chi connectivity index (χ0n) is 24.0. The molecule has 15 heteroatoms. The zero-order chi connectivity index (χ0) is 32.0. The number of carbonyl (C=O) groups excluding carboxylic acids is 3. The molecule has 1 atom stereocenters. The molecule has 0 spiro atoms. The van der Waals surface area contributed by atoms with Gasteiger partial charge in [0, 0.05) is 54.9 Å². The molecule has 1 fully saturated rings. The minimum atomic E-state index is -4.81.